The highest BCUT2D eigenvalue weighted by molar-refractivity contribution is 6.32. The largest absolute Gasteiger partial charge is 0.488 e. The van der Waals surface area contributed by atoms with Gasteiger partial charge >= 0.3 is 0 Å². The average Bonchev–Trinajstić information content (AvgIpc) is 3.05. The monoisotopic (exact) mass is 594 g/mol. The number of nitrogens with zero attached hydrogens (tertiary/aromatic N) is 2. The van der Waals surface area contributed by atoms with Crippen molar-refractivity contribution in [2.45, 2.75) is 45.9 Å². The highest BCUT2D eigenvalue weighted by Gasteiger charge is 2.18. The predicted octanol–water partition coefficient (Wildman–Crippen LogP) is 8.10. The molecule has 220 valence electrons. The number of hydrogen-bond acceptors (Lipinski definition) is 6. The quantitative estimate of drug-likeness (QED) is 0.195. The van der Waals surface area contributed by atoms with Crippen molar-refractivity contribution in [2.24, 2.45) is 0 Å². The molecule has 4 aromatic carbocycles. The Balaban J connectivity index is 1.23. The average molecular weight is 595 g/mol. The molecule has 0 aromatic heterocycles. The number of halogens is 1. The van der Waals surface area contributed by atoms with E-state index in [9.17, 15) is 5.26 Å². The van der Waals surface area contributed by atoms with Crippen molar-refractivity contribution in [3.63, 3.8) is 0 Å². The second kappa shape index (κ2) is 13.4. The van der Waals surface area contributed by atoms with Crippen molar-refractivity contribution in [2.75, 3.05) is 26.3 Å². The van der Waals surface area contributed by atoms with Gasteiger partial charge in [-0.05, 0) is 91.0 Å². The van der Waals surface area contributed by atoms with Gasteiger partial charge in [0.25, 0.3) is 0 Å². The molecule has 0 atom stereocenters. The van der Waals surface area contributed by atoms with Gasteiger partial charge in [0.2, 0.25) is 0 Å². The Labute approximate surface area is 258 Å². The van der Waals surface area contributed by atoms with E-state index in [1.54, 1.807) is 6.07 Å². The molecule has 0 bridgehead atoms. The molecule has 7 heteroatoms. The van der Waals surface area contributed by atoms with Gasteiger partial charge in [-0.2, -0.15) is 5.26 Å². The fourth-order valence-corrected chi connectivity index (χ4v) is 5.95. The van der Waals surface area contributed by atoms with E-state index in [1.807, 2.05) is 48.5 Å². The first-order valence-electron chi connectivity index (χ1n) is 14.9. The predicted molar refractivity (Wildman–Crippen MR) is 168 cm³/mol. The molecule has 1 saturated heterocycles. The third-order valence-electron chi connectivity index (χ3n) is 8.09. The molecule has 2 aliphatic rings. The van der Waals surface area contributed by atoms with Crippen molar-refractivity contribution in [1.29, 1.82) is 5.26 Å². The van der Waals surface area contributed by atoms with E-state index in [0.717, 1.165) is 70.3 Å². The Morgan fingerprint density at radius 3 is 2.44 bits per heavy atom. The lowest BCUT2D eigenvalue weighted by atomic mass is 9.96. The van der Waals surface area contributed by atoms with E-state index >= 15 is 0 Å². The summed E-state index contributed by atoms with van der Waals surface area (Å²) < 4.78 is 24.2. The van der Waals surface area contributed by atoms with Crippen molar-refractivity contribution in [1.82, 2.24) is 4.90 Å². The van der Waals surface area contributed by atoms with Crippen LogP contribution in [0.15, 0.2) is 72.8 Å². The number of likely N-dealkylation sites (tertiary alicyclic amines) is 1. The first-order valence-corrected chi connectivity index (χ1v) is 15.2. The molecule has 6 nitrogen and oxygen atoms in total. The summed E-state index contributed by atoms with van der Waals surface area (Å²) >= 11 is 6.82. The van der Waals surface area contributed by atoms with Crippen LogP contribution in [-0.4, -0.2) is 31.2 Å². The highest BCUT2D eigenvalue weighted by atomic mass is 35.5. The van der Waals surface area contributed by atoms with Crippen LogP contribution in [-0.2, 0) is 19.8 Å². The standard InChI is InChI=1S/C36H35ClN2O4/c1-25-29(9-6-10-31(25)28-11-12-33-36(19-28)41-16-15-40-33)24-43-35-20-34(42-23-27-8-5-7-26(17-27)21-38)30(18-32(35)37)22-39-13-3-2-4-14-39/h5-12,17-20H,2-4,13-16,22-24H2,1H3. The summed E-state index contributed by atoms with van der Waals surface area (Å²) in [5, 5.41) is 9.87. The molecule has 4 aromatic rings. The maximum Gasteiger partial charge on any atom is 0.161 e. The van der Waals surface area contributed by atoms with E-state index in [4.69, 9.17) is 30.5 Å². The van der Waals surface area contributed by atoms with Gasteiger partial charge in [0.15, 0.2) is 11.5 Å². The molecule has 0 aliphatic carbocycles. The fraction of sp³-hybridized carbons (Fsp3) is 0.306. The number of nitriles is 1. The van der Waals surface area contributed by atoms with Crippen LogP contribution in [0.4, 0.5) is 0 Å². The molecule has 0 N–H and O–H groups in total. The summed E-state index contributed by atoms with van der Waals surface area (Å²) in [4.78, 5) is 2.45. The van der Waals surface area contributed by atoms with Gasteiger partial charge < -0.3 is 18.9 Å². The van der Waals surface area contributed by atoms with Crippen LogP contribution in [0.5, 0.6) is 23.0 Å². The minimum Gasteiger partial charge on any atom is -0.488 e. The summed E-state index contributed by atoms with van der Waals surface area (Å²) in [5.74, 6) is 2.87. The topological polar surface area (TPSA) is 64.0 Å². The summed E-state index contributed by atoms with van der Waals surface area (Å²) in [6.07, 6.45) is 3.69. The Morgan fingerprint density at radius 1 is 0.814 bits per heavy atom. The maximum atomic E-state index is 9.30. The van der Waals surface area contributed by atoms with Gasteiger partial charge in [-0.15, -0.1) is 0 Å². The molecule has 0 spiro atoms. The molecule has 2 aliphatic heterocycles. The Hall–Kier alpha value is -4.18. The fourth-order valence-electron chi connectivity index (χ4n) is 5.71. The van der Waals surface area contributed by atoms with Gasteiger partial charge in [0.1, 0.15) is 37.9 Å². The van der Waals surface area contributed by atoms with Crippen LogP contribution in [0.3, 0.4) is 0 Å². The third-order valence-corrected chi connectivity index (χ3v) is 8.39. The van der Waals surface area contributed by atoms with Gasteiger partial charge in [0, 0.05) is 18.2 Å². The van der Waals surface area contributed by atoms with Gasteiger partial charge in [-0.25, -0.2) is 0 Å². The summed E-state index contributed by atoms with van der Waals surface area (Å²) in [6.45, 7) is 6.85. The second-order valence-corrected chi connectivity index (χ2v) is 11.5. The van der Waals surface area contributed by atoms with Gasteiger partial charge in [-0.1, -0.05) is 54.4 Å². The molecule has 0 amide bonds. The zero-order valence-electron chi connectivity index (χ0n) is 24.4. The molecule has 43 heavy (non-hydrogen) atoms. The van der Waals surface area contributed by atoms with Crippen LogP contribution < -0.4 is 18.9 Å². The highest BCUT2D eigenvalue weighted by Crippen LogP contribution is 2.38. The molecule has 6 rings (SSSR count). The number of ether oxygens (including phenoxy) is 4. The van der Waals surface area contributed by atoms with Crippen molar-refractivity contribution in [3.05, 3.63) is 106 Å². The normalized spacial score (nSPS) is 14.6. The number of benzene rings is 4. The minimum atomic E-state index is 0.347. The SMILES string of the molecule is Cc1c(COc2cc(OCc3cccc(C#N)c3)c(CN3CCCCC3)cc2Cl)cccc1-c1ccc2c(c1)OCCO2. The molecular formula is C36H35ClN2O4. The minimum absolute atomic E-state index is 0.347. The molecule has 0 saturated carbocycles. The number of fused-ring (bicyclic) bond motifs is 1. The Morgan fingerprint density at radius 2 is 1.60 bits per heavy atom. The number of piperidine rings is 1. The number of hydrogen-bond donors (Lipinski definition) is 0. The lowest BCUT2D eigenvalue weighted by molar-refractivity contribution is 0.171. The first-order chi connectivity index (χ1) is 21.1. The molecule has 1 fully saturated rings. The lowest BCUT2D eigenvalue weighted by Gasteiger charge is -2.27. The Kier molecular flexibility index (Phi) is 9.02. The molecule has 0 radical (unpaired) electrons. The zero-order valence-corrected chi connectivity index (χ0v) is 25.2. The van der Waals surface area contributed by atoms with Crippen LogP contribution >= 0.6 is 11.6 Å². The van der Waals surface area contributed by atoms with E-state index in [-0.39, 0.29) is 0 Å². The van der Waals surface area contributed by atoms with E-state index in [2.05, 4.69) is 36.1 Å². The zero-order chi connectivity index (χ0) is 29.6. The molecular weight excluding hydrogens is 560 g/mol. The summed E-state index contributed by atoms with van der Waals surface area (Å²) in [5.41, 5.74) is 6.97. The van der Waals surface area contributed by atoms with Crippen molar-refractivity contribution >= 4 is 11.6 Å². The third kappa shape index (κ3) is 6.91. The van der Waals surface area contributed by atoms with Crippen molar-refractivity contribution in [3.8, 4) is 40.2 Å². The number of rotatable bonds is 9. The summed E-state index contributed by atoms with van der Waals surface area (Å²) in [6, 6.07) is 25.9. The van der Waals surface area contributed by atoms with E-state index < -0.39 is 0 Å². The summed E-state index contributed by atoms with van der Waals surface area (Å²) in [7, 11) is 0. The van der Waals surface area contributed by atoms with E-state index in [0.29, 0.717) is 42.8 Å². The first kappa shape index (κ1) is 28.9. The van der Waals surface area contributed by atoms with Crippen LogP contribution in [0.1, 0.15) is 47.1 Å². The van der Waals surface area contributed by atoms with Gasteiger partial charge in [0.05, 0.1) is 16.7 Å². The Bertz CT molecular complexity index is 1640. The molecule has 2 heterocycles. The van der Waals surface area contributed by atoms with Crippen LogP contribution in [0, 0.1) is 18.3 Å². The van der Waals surface area contributed by atoms with Crippen LogP contribution in [0.25, 0.3) is 11.1 Å². The smallest absolute Gasteiger partial charge is 0.161 e. The second-order valence-electron chi connectivity index (χ2n) is 11.1. The van der Waals surface area contributed by atoms with Gasteiger partial charge in [-0.3, -0.25) is 4.90 Å². The van der Waals surface area contributed by atoms with E-state index in [1.165, 1.54) is 19.3 Å². The van der Waals surface area contributed by atoms with Crippen molar-refractivity contribution < 1.29 is 18.9 Å². The lowest BCUT2D eigenvalue weighted by Crippen LogP contribution is -2.29. The molecule has 0 unspecified atom stereocenters. The van der Waals surface area contributed by atoms with Crippen LogP contribution in [0.2, 0.25) is 5.02 Å². The maximum absolute atomic E-state index is 9.30.